The number of hydrogen-bond donors (Lipinski definition) is 2. The van der Waals surface area contributed by atoms with Crippen LogP contribution in [0.15, 0.2) is 28.7 Å². The highest BCUT2D eigenvalue weighted by Crippen LogP contribution is 2.29. The summed E-state index contributed by atoms with van der Waals surface area (Å²) in [5.41, 5.74) is 0.103. The van der Waals surface area contributed by atoms with E-state index < -0.39 is 11.9 Å². The number of nitrogens with one attached hydrogen (secondary N) is 2. The van der Waals surface area contributed by atoms with E-state index in [0.29, 0.717) is 36.4 Å². The molecule has 0 spiro atoms. The fraction of sp³-hybridized carbons (Fsp3) is 0.471. The molecule has 28 heavy (non-hydrogen) atoms. The van der Waals surface area contributed by atoms with Gasteiger partial charge in [0.2, 0.25) is 5.88 Å². The van der Waals surface area contributed by atoms with Gasteiger partial charge < -0.3 is 15.4 Å². The lowest BCUT2D eigenvalue weighted by Gasteiger charge is -2.12. The van der Waals surface area contributed by atoms with E-state index in [1.165, 1.54) is 0 Å². The standard InChI is InChI=1S/C17H22F3N5OS.HI/c1-11(2)26-14-5-4-12(8-23-14)9-24-16(21-3)22-7-6-15-25-13(10-27-15)17(18,19)20;/h4-5,8,10-11H,6-7,9H2,1-3H3,(H2,21,22,24);1H. The Hall–Kier alpha value is -1.63. The smallest absolute Gasteiger partial charge is 0.434 e. The molecule has 0 saturated heterocycles. The second kappa shape index (κ2) is 11.4. The number of alkyl halides is 3. The van der Waals surface area contributed by atoms with E-state index in [1.54, 1.807) is 19.3 Å². The first-order valence-electron chi connectivity index (χ1n) is 8.35. The molecule has 0 amide bonds. The Bertz CT molecular complexity index is 750. The van der Waals surface area contributed by atoms with Crippen LogP contribution in [-0.4, -0.2) is 35.6 Å². The summed E-state index contributed by atoms with van der Waals surface area (Å²) in [7, 11) is 1.62. The molecule has 0 saturated carbocycles. The van der Waals surface area contributed by atoms with Crippen molar-refractivity contribution in [1.82, 2.24) is 20.6 Å². The van der Waals surface area contributed by atoms with E-state index in [4.69, 9.17) is 4.74 Å². The summed E-state index contributed by atoms with van der Waals surface area (Å²) in [6.07, 6.45) is -2.24. The van der Waals surface area contributed by atoms with Crippen molar-refractivity contribution in [2.24, 2.45) is 4.99 Å². The molecule has 0 unspecified atom stereocenters. The van der Waals surface area contributed by atoms with Gasteiger partial charge in [-0.15, -0.1) is 35.3 Å². The maximum absolute atomic E-state index is 12.5. The summed E-state index contributed by atoms with van der Waals surface area (Å²) < 4.78 is 43.1. The zero-order valence-corrected chi connectivity index (χ0v) is 18.9. The van der Waals surface area contributed by atoms with E-state index in [1.807, 2.05) is 19.9 Å². The van der Waals surface area contributed by atoms with Crippen LogP contribution in [0.25, 0.3) is 0 Å². The van der Waals surface area contributed by atoms with Crippen molar-refractivity contribution >= 4 is 41.3 Å². The van der Waals surface area contributed by atoms with Crippen molar-refractivity contribution in [1.29, 1.82) is 0 Å². The molecule has 2 aromatic rings. The topological polar surface area (TPSA) is 71.4 Å². The largest absolute Gasteiger partial charge is 0.475 e. The highest BCUT2D eigenvalue weighted by Gasteiger charge is 2.33. The fourth-order valence-electron chi connectivity index (χ4n) is 2.08. The molecule has 0 aliphatic heterocycles. The highest BCUT2D eigenvalue weighted by atomic mass is 127. The predicted molar refractivity (Wildman–Crippen MR) is 114 cm³/mol. The third-order valence-corrected chi connectivity index (χ3v) is 4.22. The Labute approximate surface area is 183 Å². The molecule has 11 heteroatoms. The summed E-state index contributed by atoms with van der Waals surface area (Å²) in [4.78, 5) is 11.9. The lowest BCUT2D eigenvalue weighted by Crippen LogP contribution is -2.37. The zero-order chi connectivity index (χ0) is 19.9. The Balaban J connectivity index is 0.00000392. The van der Waals surface area contributed by atoms with Crippen LogP contribution >= 0.6 is 35.3 Å². The lowest BCUT2D eigenvalue weighted by atomic mass is 10.3. The molecular weight excluding hydrogens is 506 g/mol. The van der Waals surface area contributed by atoms with E-state index in [2.05, 4.69) is 25.6 Å². The summed E-state index contributed by atoms with van der Waals surface area (Å²) in [5, 5.41) is 7.63. The average molecular weight is 529 g/mol. The molecular formula is C17H23F3IN5OS. The van der Waals surface area contributed by atoms with Gasteiger partial charge in [0.1, 0.15) is 0 Å². The molecule has 0 bridgehead atoms. The number of pyridine rings is 1. The van der Waals surface area contributed by atoms with Gasteiger partial charge in [-0.3, -0.25) is 4.99 Å². The second-order valence-corrected chi connectivity index (χ2v) is 6.84. The van der Waals surface area contributed by atoms with E-state index in [0.717, 1.165) is 22.3 Å². The van der Waals surface area contributed by atoms with Crippen molar-refractivity contribution in [3.63, 3.8) is 0 Å². The second-order valence-electron chi connectivity index (χ2n) is 5.90. The minimum absolute atomic E-state index is 0. The summed E-state index contributed by atoms with van der Waals surface area (Å²) in [6.45, 7) is 4.79. The first-order chi connectivity index (χ1) is 12.8. The third kappa shape index (κ3) is 8.17. The van der Waals surface area contributed by atoms with Crippen LogP contribution in [0, 0.1) is 0 Å². The molecule has 0 aromatic carbocycles. The molecule has 6 nitrogen and oxygen atoms in total. The van der Waals surface area contributed by atoms with Crippen LogP contribution in [0.2, 0.25) is 0 Å². The molecule has 0 radical (unpaired) electrons. The Morgan fingerprint density at radius 2 is 2.04 bits per heavy atom. The zero-order valence-electron chi connectivity index (χ0n) is 15.7. The number of nitrogens with zero attached hydrogens (tertiary/aromatic N) is 3. The van der Waals surface area contributed by atoms with Gasteiger partial charge in [0.05, 0.1) is 11.1 Å². The van der Waals surface area contributed by atoms with E-state index in [9.17, 15) is 13.2 Å². The van der Waals surface area contributed by atoms with Gasteiger partial charge in [-0.05, 0) is 19.4 Å². The number of thiazole rings is 1. The van der Waals surface area contributed by atoms with Crippen molar-refractivity contribution in [2.45, 2.75) is 39.1 Å². The maximum atomic E-state index is 12.5. The van der Waals surface area contributed by atoms with Gasteiger partial charge in [0, 0.05) is 44.2 Å². The molecule has 2 aromatic heterocycles. The van der Waals surface area contributed by atoms with Gasteiger partial charge in [0.15, 0.2) is 11.7 Å². The average Bonchev–Trinajstić information content (AvgIpc) is 3.08. The normalized spacial score (nSPS) is 11.9. The Kier molecular flexibility index (Phi) is 9.93. The van der Waals surface area contributed by atoms with Crippen molar-refractivity contribution in [3.05, 3.63) is 40.0 Å². The molecule has 0 atom stereocenters. The van der Waals surface area contributed by atoms with Gasteiger partial charge >= 0.3 is 6.18 Å². The minimum atomic E-state index is -4.40. The number of halogens is 4. The third-order valence-electron chi connectivity index (χ3n) is 3.31. The van der Waals surface area contributed by atoms with Crippen LogP contribution in [-0.2, 0) is 19.1 Å². The van der Waals surface area contributed by atoms with Crippen molar-refractivity contribution in [3.8, 4) is 5.88 Å². The maximum Gasteiger partial charge on any atom is 0.434 e. The molecule has 0 aliphatic carbocycles. The van der Waals surface area contributed by atoms with Crippen LogP contribution in [0.5, 0.6) is 5.88 Å². The van der Waals surface area contributed by atoms with Crippen LogP contribution in [0.1, 0.15) is 30.1 Å². The fourth-order valence-corrected chi connectivity index (χ4v) is 2.88. The predicted octanol–water partition coefficient (Wildman–Crippen LogP) is 3.87. The van der Waals surface area contributed by atoms with E-state index >= 15 is 0 Å². The van der Waals surface area contributed by atoms with Gasteiger partial charge in [-0.2, -0.15) is 13.2 Å². The molecule has 0 aliphatic rings. The number of hydrogen-bond acceptors (Lipinski definition) is 5. The molecule has 2 N–H and O–H groups in total. The first kappa shape index (κ1) is 24.4. The van der Waals surface area contributed by atoms with Gasteiger partial charge in [-0.1, -0.05) is 6.07 Å². The first-order valence-corrected chi connectivity index (χ1v) is 9.23. The molecule has 2 heterocycles. The van der Waals surface area contributed by atoms with Crippen molar-refractivity contribution in [2.75, 3.05) is 13.6 Å². The number of aromatic nitrogens is 2. The SMILES string of the molecule is CN=C(NCCc1nc(C(F)(F)F)cs1)NCc1ccc(OC(C)C)nc1.I. The molecule has 156 valence electrons. The summed E-state index contributed by atoms with van der Waals surface area (Å²) in [5.74, 6) is 1.11. The number of ether oxygens (including phenoxy) is 1. The Morgan fingerprint density at radius 3 is 2.57 bits per heavy atom. The monoisotopic (exact) mass is 529 g/mol. The lowest BCUT2D eigenvalue weighted by molar-refractivity contribution is -0.140. The van der Waals surface area contributed by atoms with Crippen LogP contribution in [0.4, 0.5) is 13.2 Å². The van der Waals surface area contributed by atoms with Crippen LogP contribution < -0.4 is 15.4 Å². The van der Waals surface area contributed by atoms with Crippen LogP contribution in [0.3, 0.4) is 0 Å². The Morgan fingerprint density at radius 1 is 1.29 bits per heavy atom. The highest BCUT2D eigenvalue weighted by molar-refractivity contribution is 14.0. The number of rotatable bonds is 7. The van der Waals surface area contributed by atoms with Crippen molar-refractivity contribution < 1.29 is 17.9 Å². The van der Waals surface area contributed by atoms with Gasteiger partial charge in [-0.25, -0.2) is 9.97 Å². The summed E-state index contributed by atoms with van der Waals surface area (Å²) >= 11 is 1.000. The molecule has 0 fully saturated rings. The summed E-state index contributed by atoms with van der Waals surface area (Å²) in [6, 6.07) is 3.70. The number of guanidine groups is 1. The van der Waals surface area contributed by atoms with Gasteiger partial charge in [0.25, 0.3) is 0 Å². The number of aliphatic imine (C=N–C) groups is 1. The quantitative estimate of drug-likeness (QED) is 0.324. The minimum Gasteiger partial charge on any atom is -0.475 e. The molecule has 2 rings (SSSR count). The van der Waals surface area contributed by atoms with E-state index in [-0.39, 0.29) is 30.1 Å².